The summed E-state index contributed by atoms with van der Waals surface area (Å²) in [6.07, 6.45) is 5.32. The second-order valence-corrected chi connectivity index (χ2v) is 6.60. The quantitative estimate of drug-likeness (QED) is 0.915. The molecule has 24 heavy (non-hydrogen) atoms. The van der Waals surface area contributed by atoms with Crippen LogP contribution in [0.4, 0.5) is 0 Å². The first-order valence-electron chi connectivity index (χ1n) is 8.53. The molecule has 2 heterocycles. The minimum absolute atomic E-state index is 0.498. The predicted octanol–water partition coefficient (Wildman–Crippen LogP) is 2.92. The molecule has 1 aliphatic rings. The molecule has 0 aliphatic carbocycles. The fourth-order valence-corrected chi connectivity index (χ4v) is 2.92. The minimum atomic E-state index is -0.498. The summed E-state index contributed by atoms with van der Waals surface area (Å²) < 4.78 is 5.85. The van der Waals surface area contributed by atoms with Gasteiger partial charge in [-0.3, -0.25) is 0 Å². The lowest BCUT2D eigenvalue weighted by molar-refractivity contribution is 0.159. The summed E-state index contributed by atoms with van der Waals surface area (Å²) in [5.74, 6) is 1.97. The number of hydrogen-bond acceptors (Lipinski definition) is 5. The van der Waals surface area contributed by atoms with Gasteiger partial charge in [-0.2, -0.15) is 0 Å². The first-order valence-corrected chi connectivity index (χ1v) is 8.53. The number of aliphatic hydroxyl groups is 1. The van der Waals surface area contributed by atoms with Crippen LogP contribution in [0, 0.1) is 5.92 Å². The van der Waals surface area contributed by atoms with Gasteiger partial charge in [-0.25, -0.2) is 9.97 Å². The fourth-order valence-electron chi connectivity index (χ4n) is 2.92. The van der Waals surface area contributed by atoms with E-state index >= 15 is 0 Å². The maximum Gasteiger partial charge on any atom is 0.159 e. The van der Waals surface area contributed by atoms with Gasteiger partial charge in [0.25, 0.3) is 0 Å². The highest BCUT2D eigenvalue weighted by molar-refractivity contribution is 5.56. The zero-order valence-electron chi connectivity index (χ0n) is 14.4. The number of nitrogens with zero attached hydrogens (tertiary/aromatic N) is 3. The highest BCUT2D eigenvalue weighted by atomic mass is 16.5. The van der Waals surface area contributed by atoms with Gasteiger partial charge in [0.05, 0.1) is 25.1 Å². The second-order valence-electron chi connectivity index (χ2n) is 6.60. The largest absolute Gasteiger partial charge is 0.490 e. The number of benzene rings is 1. The average molecular weight is 327 g/mol. The number of ether oxygens (including phenoxy) is 1. The van der Waals surface area contributed by atoms with Gasteiger partial charge in [-0.15, -0.1) is 0 Å². The summed E-state index contributed by atoms with van der Waals surface area (Å²) in [7, 11) is 2.16. The first-order chi connectivity index (χ1) is 11.6. The Kier molecular flexibility index (Phi) is 5.43. The van der Waals surface area contributed by atoms with E-state index in [-0.39, 0.29) is 0 Å². The highest BCUT2D eigenvalue weighted by Crippen LogP contribution is 2.22. The van der Waals surface area contributed by atoms with Crippen LogP contribution < -0.4 is 4.74 Å². The van der Waals surface area contributed by atoms with Gasteiger partial charge in [0, 0.05) is 5.56 Å². The molecular weight excluding hydrogens is 302 g/mol. The molecule has 0 bridgehead atoms. The Morgan fingerprint density at radius 3 is 2.62 bits per heavy atom. The molecule has 5 nitrogen and oxygen atoms in total. The Labute approximate surface area is 143 Å². The van der Waals surface area contributed by atoms with Crippen LogP contribution in [-0.4, -0.2) is 46.7 Å². The Morgan fingerprint density at radius 2 is 1.96 bits per heavy atom. The average Bonchev–Trinajstić information content (AvgIpc) is 2.62. The summed E-state index contributed by atoms with van der Waals surface area (Å²) in [5, 5.41) is 9.69. The Bertz CT molecular complexity index is 650. The molecule has 0 saturated carbocycles. The lowest BCUT2D eigenvalue weighted by Gasteiger charge is -2.28. The first kappa shape index (κ1) is 16.9. The van der Waals surface area contributed by atoms with E-state index in [1.807, 2.05) is 24.3 Å². The van der Waals surface area contributed by atoms with Crippen LogP contribution in [0.1, 0.15) is 31.4 Å². The molecule has 1 aromatic carbocycles. The zero-order valence-corrected chi connectivity index (χ0v) is 14.4. The third-order valence-electron chi connectivity index (χ3n) is 4.58. The maximum atomic E-state index is 9.69. The lowest BCUT2D eigenvalue weighted by Crippen LogP contribution is -2.32. The van der Waals surface area contributed by atoms with Crippen molar-refractivity contribution in [1.29, 1.82) is 0 Å². The van der Waals surface area contributed by atoms with Crippen molar-refractivity contribution in [3.8, 4) is 17.1 Å². The van der Waals surface area contributed by atoms with Crippen molar-refractivity contribution in [1.82, 2.24) is 14.9 Å². The summed E-state index contributed by atoms with van der Waals surface area (Å²) in [6, 6.07) is 7.66. The number of aliphatic hydroxyl groups excluding tert-OH is 1. The Hall–Kier alpha value is -1.98. The standard InChI is InChI=1S/C19H25N3O2/c1-14(23)16-4-3-5-17(10-16)19-20-11-18(12-21-19)24-13-15-6-8-22(2)9-7-15/h3-5,10-12,14-15,23H,6-9,13H2,1-2H3. The molecule has 0 spiro atoms. The normalized spacial score (nSPS) is 17.6. The summed E-state index contributed by atoms with van der Waals surface area (Å²) in [5.41, 5.74) is 1.76. The topological polar surface area (TPSA) is 58.5 Å². The van der Waals surface area contributed by atoms with E-state index in [1.54, 1.807) is 19.3 Å². The van der Waals surface area contributed by atoms with E-state index in [1.165, 1.54) is 12.8 Å². The molecule has 1 aliphatic heterocycles. The van der Waals surface area contributed by atoms with Crippen LogP contribution in [0.2, 0.25) is 0 Å². The highest BCUT2D eigenvalue weighted by Gasteiger charge is 2.17. The predicted molar refractivity (Wildman–Crippen MR) is 93.8 cm³/mol. The van der Waals surface area contributed by atoms with Gasteiger partial charge in [0.1, 0.15) is 0 Å². The molecular formula is C19H25N3O2. The molecule has 2 aromatic rings. The van der Waals surface area contributed by atoms with Crippen molar-refractivity contribution in [2.24, 2.45) is 5.92 Å². The van der Waals surface area contributed by atoms with Gasteiger partial charge in [0.15, 0.2) is 11.6 Å². The molecule has 0 radical (unpaired) electrons. The third kappa shape index (κ3) is 4.30. The molecule has 1 atom stereocenters. The molecule has 1 saturated heterocycles. The molecule has 128 valence electrons. The van der Waals surface area contributed by atoms with Crippen molar-refractivity contribution in [2.75, 3.05) is 26.7 Å². The van der Waals surface area contributed by atoms with Crippen LogP contribution in [0.5, 0.6) is 5.75 Å². The molecule has 1 N–H and O–H groups in total. The van der Waals surface area contributed by atoms with Crippen molar-refractivity contribution in [2.45, 2.75) is 25.9 Å². The number of hydrogen-bond donors (Lipinski definition) is 1. The number of piperidine rings is 1. The lowest BCUT2D eigenvalue weighted by atomic mass is 9.98. The Morgan fingerprint density at radius 1 is 1.25 bits per heavy atom. The smallest absolute Gasteiger partial charge is 0.159 e. The molecule has 1 fully saturated rings. The Balaban J connectivity index is 1.60. The SMILES string of the molecule is CC(O)c1cccc(-c2ncc(OCC3CCN(C)CC3)cn2)c1. The van der Waals surface area contributed by atoms with Crippen molar-refractivity contribution < 1.29 is 9.84 Å². The monoisotopic (exact) mass is 327 g/mol. The number of rotatable bonds is 5. The molecule has 1 unspecified atom stereocenters. The fraction of sp³-hybridized carbons (Fsp3) is 0.474. The van der Waals surface area contributed by atoms with Gasteiger partial charge < -0.3 is 14.7 Å². The maximum absolute atomic E-state index is 9.69. The van der Waals surface area contributed by atoms with E-state index in [0.29, 0.717) is 17.5 Å². The molecule has 5 heteroatoms. The van der Waals surface area contributed by atoms with Crippen molar-refractivity contribution in [3.63, 3.8) is 0 Å². The number of aromatic nitrogens is 2. The van der Waals surface area contributed by atoms with Crippen LogP contribution >= 0.6 is 0 Å². The molecule has 1 aromatic heterocycles. The summed E-state index contributed by atoms with van der Waals surface area (Å²) >= 11 is 0. The van der Waals surface area contributed by atoms with Crippen LogP contribution in [0.3, 0.4) is 0 Å². The van der Waals surface area contributed by atoms with Crippen LogP contribution in [0.15, 0.2) is 36.7 Å². The van der Waals surface area contributed by atoms with Gasteiger partial charge in [-0.05, 0) is 57.5 Å². The zero-order chi connectivity index (χ0) is 16.9. The molecule has 0 amide bonds. The van der Waals surface area contributed by atoms with E-state index in [0.717, 1.165) is 30.8 Å². The third-order valence-corrected chi connectivity index (χ3v) is 4.58. The van der Waals surface area contributed by atoms with Gasteiger partial charge in [-0.1, -0.05) is 18.2 Å². The van der Waals surface area contributed by atoms with E-state index < -0.39 is 6.10 Å². The second kappa shape index (κ2) is 7.73. The summed E-state index contributed by atoms with van der Waals surface area (Å²) in [6.45, 7) is 4.76. The van der Waals surface area contributed by atoms with E-state index in [9.17, 15) is 5.11 Å². The van der Waals surface area contributed by atoms with Crippen molar-refractivity contribution in [3.05, 3.63) is 42.2 Å². The minimum Gasteiger partial charge on any atom is -0.490 e. The number of likely N-dealkylation sites (tertiary alicyclic amines) is 1. The van der Waals surface area contributed by atoms with Gasteiger partial charge in [0.2, 0.25) is 0 Å². The van der Waals surface area contributed by atoms with E-state index in [4.69, 9.17) is 4.74 Å². The van der Waals surface area contributed by atoms with Crippen LogP contribution in [-0.2, 0) is 0 Å². The van der Waals surface area contributed by atoms with Crippen LogP contribution in [0.25, 0.3) is 11.4 Å². The van der Waals surface area contributed by atoms with E-state index in [2.05, 4.69) is 21.9 Å². The molecule has 3 rings (SSSR count). The van der Waals surface area contributed by atoms with Gasteiger partial charge >= 0.3 is 0 Å². The summed E-state index contributed by atoms with van der Waals surface area (Å²) in [4.78, 5) is 11.2. The van der Waals surface area contributed by atoms with Crippen molar-refractivity contribution >= 4 is 0 Å².